The summed E-state index contributed by atoms with van der Waals surface area (Å²) in [5, 5.41) is 9.09. The molecule has 3 N–H and O–H groups in total. The highest BCUT2D eigenvalue weighted by atomic mass is 32.2. The molecule has 0 aliphatic carbocycles. The van der Waals surface area contributed by atoms with Crippen LogP contribution < -0.4 is 16.0 Å². The van der Waals surface area contributed by atoms with E-state index in [9.17, 15) is 21.6 Å². The van der Waals surface area contributed by atoms with Crippen molar-refractivity contribution in [3.63, 3.8) is 0 Å². The second-order valence-corrected chi connectivity index (χ2v) is 8.18. The monoisotopic (exact) mass is 393 g/mol. The lowest BCUT2D eigenvalue weighted by molar-refractivity contribution is -0.137. The van der Waals surface area contributed by atoms with Gasteiger partial charge in [-0.05, 0) is 25.0 Å². The number of hydrogen-bond acceptors (Lipinski definition) is 5. The molecule has 2 rings (SSSR count). The number of anilines is 1. The van der Waals surface area contributed by atoms with Crippen molar-refractivity contribution in [3.8, 4) is 0 Å². The highest BCUT2D eigenvalue weighted by Crippen LogP contribution is 2.28. The Labute approximate surface area is 150 Å². The first-order chi connectivity index (χ1) is 12.2. The number of nitrogens with one attached hydrogen (secondary N) is 3. The summed E-state index contributed by atoms with van der Waals surface area (Å²) in [5.74, 6) is 1.19. The van der Waals surface area contributed by atoms with E-state index in [2.05, 4.69) is 25.9 Å². The van der Waals surface area contributed by atoms with E-state index in [1.807, 2.05) is 0 Å². The first-order valence-electron chi connectivity index (χ1n) is 8.14. The highest BCUT2D eigenvalue weighted by molar-refractivity contribution is 7.91. The van der Waals surface area contributed by atoms with Gasteiger partial charge in [0.2, 0.25) is 0 Å². The third-order valence-electron chi connectivity index (χ3n) is 3.84. The summed E-state index contributed by atoms with van der Waals surface area (Å²) >= 11 is 0. The molecular weight excluding hydrogens is 371 g/mol. The fraction of sp³-hybridized carbons (Fsp3) is 0.600. The summed E-state index contributed by atoms with van der Waals surface area (Å²) in [7, 11) is -1.35. The molecular formula is C15H22F3N5O2S. The SMILES string of the molecule is CN=C(NCCCNc1ccc(C(F)(F)F)cn1)NC1CCS(=O)(=O)C1. The number of aromatic nitrogens is 1. The highest BCUT2D eigenvalue weighted by Gasteiger charge is 2.30. The first-order valence-corrected chi connectivity index (χ1v) is 9.96. The van der Waals surface area contributed by atoms with Crippen molar-refractivity contribution in [2.24, 2.45) is 4.99 Å². The number of sulfone groups is 1. The third kappa shape index (κ3) is 6.36. The summed E-state index contributed by atoms with van der Waals surface area (Å²) in [5.41, 5.74) is -0.784. The van der Waals surface area contributed by atoms with Gasteiger partial charge in [-0.1, -0.05) is 0 Å². The average molecular weight is 393 g/mol. The van der Waals surface area contributed by atoms with Crippen molar-refractivity contribution >= 4 is 21.6 Å². The average Bonchev–Trinajstić information content (AvgIpc) is 2.91. The van der Waals surface area contributed by atoms with Crippen LogP contribution in [0.5, 0.6) is 0 Å². The fourth-order valence-electron chi connectivity index (χ4n) is 2.47. The molecule has 1 aromatic heterocycles. The lowest BCUT2D eigenvalue weighted by atomic mass is 10.3. The molecule has 1 aromatic rings. The summed E-state index contributed by atoms with van der Waals surface area (Å²) in [6.07, 6.45) is -2.37. The Balaban J connectivity index is 1.66. The van der Waals surface area contributed by atoms with E-state index >= 15 is 0 Å². The zero-order valence-corrected chi connectivity index (χ0v) is 15.1. The van der Waals surface area contributed by atoms with Gasteiger partial charge in [0.05, 0.1) is 17.1 Å². The van der Waals surface area contributed by atoms with E-state index in [1.165, 1.54) is 6.07 Å². The number of halogens is 3. The second kappa shape index (κ2) is 8.56. The van der Waals surface area contributed by atoms with Crippen molar-refractivity contribution in [2.75, 3.05) is 37.0 Å². The van der Waals surface area contributed by atoms with Gasteiger partial charge in [-0.3, -0.25) is 4.99 Å². The summed E-state index contributed by atoms with van der Waals surface area (Å²) in [6, 6.07) is 2.13. The molecule has 0 amide bonds. The van der Waals surface area contributed by atoms with Crippen molar-refractivity contribution in [2.45, 2.75) is 25.1 Å². The van der Waals surface area contributed by atoms with Crippen LogP contribution >= 0.6 is 0 Å². The van der Waals surface area contributed by atoms with Gasteiger partial charge in [-0.2, -0.15) is 13.2 Å². The minimum absolute atomic E-state index is 0.106. The van der Waals surface area contributed by atoms with Gasteiger partial charge in [0, 0.05) is 32.4 Å². The molecule has 1 aliphatic heterocycles. The number of hydrogen-bond donors (Lipinski definition) is 3. The maximum absolute atomic E-state index is 12.5. The van der Waals surface area contributed by atoms with E-state index in [0.29, 0.717) is 37.7 Å². The lowest BCUT2D eigenvalue weighted by Crippen LogP contribution is -2.44. The molecule has 1 saturated heterocycles. The number of aliphatic imine (C=N–C) groups is 1. The van der Waals surface area contributed by atoms with Gasteiger partial charge < -0.3 is 16.0 Å². The Morgan fingerprint density at radius 2 is 2.12 bits per heavy atom. The first kappa shape index (κ1) is 20.3. The van der Waals surface area contributed by atoms with E-state index < -0.39 is 21.6 Å². The van der Waals surface area contributed by atoms with Gasteiger partial charge in [-0.15, -0.1) is 0 Å². The molecule has 1 unspecified atom stereocenters. The Morgan fingerprint density at radius 3 is 2.65 bits per heavy atom. The van der Waals surface area contributed by atoms with Gasteiger partial charge in [0.1, 0.15) is 5.82 Å². The van der Waals surface area contributed by atoms with Gasteiger partial charge in [0.15, 0.2) is 15.8 Å². The van der Waals surface area contributed by atoms with Crippen molar-refractivity contribution in [1.82, 2.24) is 15.6 Å². The van der Waals surface area contributed by atoms with Crippen LogP contribution in [-0.4, -0.2) is 57.0 Å². The Morgan fingerprint density at radius 1 is 1.35 bits per heavy atom. The molecule has 1 fully saturated rings. The minimum Gasteiger partial charge on any atom is -0.370 e. The normalized spacial score (nSPS) is 20.0. The molecule has 7 nitrogen and oxygen atoms in total. The van der Waals surface area contributed by atoms with Crippen LogP contribution in [0.4, 0.5) is 19.0 Å². The zero-order valence-electron chi connectivity index (χ0n) is 14.3. The van der Waals surface area contributed by atoms with E-state index in [1.54, 1.807) is 7.05 Å². The molecule has 26 heavy (non-hydrogen) atoms. The number of rotatable bonds is 6. The molecule has 1 aliphatic rings. The summed E-state index contributed by atoms with van der Waals surface area (Å²) < 4.78 is 60.2. The number of nitrogens with zero attached hydrogens (tertiary/aromatic N) is 2. The molecule has 0 bridgehead atoms. The molecule has 0 radical (unpaired) electrons. The molecule has 2 heterocycles. The minimum atomic E-state index is -4.39. The van der Waals surface area contributed by atoms with Crippen LogP contribution in [0.25, 0.3) is 0 Å². The predicted molar refractivity (Wildman–Crippen MR) is 93.9 cm³/mol. The van der Waals surface area contributed by atoms with Crippen LogP contribution in [0.1, 0.15) is 18.4 Å². The van der Waals surface area contributed by atoms with Crippen molar-refractivity contribution < 1.29 is 21.6 Å². The topological polar surface area (TPSA) is 95.5 Å². The van der Waals surface area contributed by atoms with Gasteiger partial charge in [-0.25, -0.2) is 13.4 Å². The Hall–Kier alpha value is -2.04. The Bertz CT molecular complexity index is 720. The lowest BCUT2D eigenvalue weighted by Gasteiger charge is -2.16. The number of guanidine groups is 1. The second-order valence-electron chi connectivity index (χ2n) is 5.95. The van der Waals surface area contributed by atoms with Gasteiger partial charge >= 0.3 is 6.18 Å². The van der Waals surface area contributed by atoms with E-state index in [-0.39, 0.29) is 17.5 Å². The predicted octanol–water partition coefficient (Wildman–Crippen LogP) is 1.25. The van der Waals surface area contributed by atoms with Crippen LogP contribution in [-0.2, 0) is 16.0 Å². The molecule has 11 heteroatoms. The fourth-order valence-corrected chi connectivity index (χ4v) is 4.15. The summed E-state index contributed by atoms with van der Waals surface area (Å²) in [4.78, 5) is 7.78. The molecule has 0 saturated carbocycles. The van der Waals surface area contributed by atoms with Crippen LogP contribution in [0.3, 0.4) is 0 Å². The number of alkyl halides is 3. The van der Waals surface area contributed by atoms with Gasteiger partial charge in [0.25, 0.3) is 0 Å². The molecule has 1 atom stereocenters. The van der Waals surface area contributed by atoms with Crippen LogP contribution in [0.15, 0.2) is 23.3 Å². The third-order valence-corrected chi connectivity index (χ3v) is 5.61. The molecule has 146 valence electrons. The van der Waals surface area contributed by atoms with Crippen molar-refractivity contribution in [1.29, 1.82) is 0 Å². The number of pyridine rings is 1. The van der Waals surface area contributed by atoms with Crippen molar-refractivity contribution in [3.05, 3.63) is 23.9 Å². The Kier molecular flexibility index (Phi) is 6.68. The van der Waals surface area contributed by atoms with Crippen LogP contribution in [0, 0.1) is 0 Å². The standard InChI is InChI=1S/C15H22F3N5O2S/c1-19-14(23-12-5-8-26(24,25)10-12)21-7-2-6-20-13-4-3-11(9-22-13)15(16,17)18/h3-4,9,12H,2,5-8,10H2,1H3,(H,20,22)(H2,19,21,23). The zero-order chi connectivity index (χ0) is 19.2. The maximum Gasteiger partial charge on any atom is 0.417 e. The van der Waals surface area contributed by atoms with E-state index in [4.69, 9.17) is 0 Å². The van der Waals surface area contributed by atoms with E-state index in [0.717, 1.165) is 12.3 Å². The van der Waals surface area contributed by atoms with Crippen LogP contribution in [0.2, 0.25) is 0 Å². The molecule has 0 aromatic carbocycles. The quantitative estimate of drug-likeness (QED) is 0.383. The smallest absolute Gasteiger partial charge is 0.370 e. The molecule has 0 spiro atoms. The largest absolute Gasteiger partial charge is 0.417 e. The summed E-state index contributed by atoms with van der Waals surface area (Å²) in [6.45, 7) is 1.08. The maximum atomic E-state index is 12.5.